The molecule has 4 nitrogen and oxygen atoms in total. The predicted octanol–water partition coefficient (Wildman–Crippen LogP) is 1.35. The lowest BCUT2D eigenvalue weighted by molar-refractivity contribution is -0.117. The predicted molar refractivity (Wildman–Crippen MR) is 81.0 cm³/mol. The lowest BCUT2D eigenvalue weighted by Gasteiger charge is -2.41. The van der Waals surface area contributed by atoms with E-state index >= 15 is 0 Å². The van der Waals surface area contributed by atoms with Gasteiger partial charge in [-0.1, -0.05) is 12.1 Å². The number of hydrogen-bond acceptors (Lipinski definition) is 3. The molecule has 0 radical (unpaired) electrons. The minimum absolute atomic E-state index is 0.0152. The fourth-order valence-corrected chi connectivity index (χ4v) is 3.26. The van der Waals surface area contributed by atoms with Crippen molar-refractivity contribution in [1.82, 2.24) is 10.2 Å². The first-order valence-corrected chi connectivity index (χ1v) is 7.36. The third-order valence-electron chi connectivity index (χ3n) is 4.77. The van der Waals surface area contributed by atoms with Crippen LogP contribution >= 0.6 is 0 Å². The van der Waals surface area contributed by atoms with Crippen LogP contribution in [0.1, 0.15) is 25.0 Å². The molecule has 1 amide bonds. The van der Waals surface area contributed by atoms with E-state index in [0.717, 1.165) is 31.9 Å². The fraction of sp³-hybridized carbons (Fsp3) is 0.562. The Balaban J connectivity index is 1.91. The minimum atomic E-state index is 0.0152. The van der Waals surface area contributed by atoms with Gasteiger partial charge in [0.25, 0.3) is 0 Å². The smallest absolute Gasteiger partial charge is 0.231 e. The number of benzene rings is 1. The van der Waals surface area contributed by atoms with Crippen LogP contribution < -0.4 is 10.2 Å². The maximum atomic E-state index is 11.8. The number of rotatable bonds is 2. The van der Waals surface area contributed by atoms with Gasteiger partial charge in [-0.15, -0.1) is 0 Å². The molecule has 2 aliphatic rings. The maximum absolute atomic E-state index is 11.8. The molecule has 2 heterocycles. The van der Waals surface area contributed by atoms with Gasteiger partial charge >= 0.3 is 0 Å². The highest BCUT2D eigenvalue weighted by Crippen LogP contribution is 2.34. The van der Waals surface area contributed by atoms with Crippen LogP contribution in [0.25, 0.3) is 0 Å². The van der Waals surface area contributed by atoms with Crippen molar-refractivity contribution >= 4 is 11.6 Å². The van der Waals surface area contributed by atoms with Crippen molar-refractivity contribution < 1.29 is 4.79 Å². The summed E-state index contributed by atoms with van der Waals surface area (Å²) in [6, 6.07) is 6.49. The van der Waals surface area contributed by atoms with E-state index in [1.807, 2.05) is 7.05 Å². The van der Waals surface area contributed by atoms with Gasteiger partial charge in [-0.25, -0.2) is 0 Å². The van der Waals surface area contributed by atoms with Crippen LogP contribution in [0.3, 0.4) is 0 Å². The Labute approximate surface area is 120 Å². The Morgan fingerprint density at radius 1 is 1.20 bits per heavy atom. The molecule has 0 unspecified atom stereocenters. The minimum Gasteiger partial charge on any atom is -0.315 e. The quantitative estimate of drug-likeness (QED) is 0.883. The Morgan fingerprint density at radius 2 is 1.90 bits per heavy atom. The average molecular weight is 273 g/mol. The molecule has 0 atom stereocenters. The van der Waals surface area contributed by atoms with Crippen LogP contribution in [0.4, 0.5) is 5.69 Å². The molecule has 0 spiro atoms. The zero-order chi connectivity index (χ0) is 14.3. The molecule has 20 heavy (non-hydrogen) atoms. The molecule has 0 saturated carbocycles. The van der Waals surface area contributed by atoms with E-state index in [1.54, 1.807) is 4.90 Å². The molecule has 0 aromatic heterocycles. The molecular weight excluding hydrogens is 250 g/mol. The number of piperazine rings is 1. The molecule has 0 aliphatic carbocycles. The van der Waals surface area contributed by atoms with E-state index in [-0.39, 0.29) is 11.4 Å². The number of amides is 1. The number of nitrogens with one attached hydrogen (secondary N) is 1. The van der Waals surface area contributed by atoms with E-state index in [4.69, 9.17) is 0 Å². The highest BCUT2D eigenvalue weighted by molar-refractivity contribution is 6.00. The first kappa shape index (κ1) is 13.6. The van der Waals surface area contributed by atoms with E-state index in [2.05, 4.69) is 42.3 Å². The van der Waals surface area contributed by atoms with Gasteiger partial charge in [-0.2, -0.15) is 0 Å². The zero-order valence-electron chi connectivity index (χ0n) is 12.6. The number of carbonyl (C=O) groups is 1. The van der Waals surface area contributed by atoms with Crippen molar-refractivity contribution in [1.29, 1.82) is 0 Å². The van der Waals surface area contributed by atoms with Gasteiger partial charge in [-0.3, -0.25) is 9.69 Å². The van der Waals surface area contributed by atoms with Gasteiger partial charge in [0.1, 0.15) is 0 Å². The molecule has 1 aromatic rings. The summed E-state index contributed by atoms with van der Waals surface area (Å²) < 4.78 is 0. The van der Waals surface area contributed by atoms with E-state index in [0.29, 0.717) is 6.42 Å². The first-order valence-electron chi connectivity index (χ1n) is 7.36. The lowest BCUT2D eigenvalue weighted by atomic mass is 9.90. The van der Waals surface area contributed by atoms with Crippen LogP contribution in [0, 0.1) is 0 Å². The second-order valence-electron chi connectivity index (χ2n) is 6.27. The Morgan fingerprint density at radius 3 is 2.60 bits per heavy atom. The van der Waals surface area contributed by atoms with Crippen molar-refractivity contribution in [3.63, 3.8) is 0 Å². The van der Waals surface area contributed by atoms with Crippen molar-refractivity contribution in [2.45, 2.75) is 25.8 Å². The summed E-state index contributed by atoms with van der Waals surface area (Å²) in [7, 11) is 1.86. The Bertz CT molecular complexity index is 533. The molecule has 4 heteroatoms. The molecule has 1 saturated heterocycles. The van der Waals surface area contributed by atoms with E-state index in [1.165, 1.54) is 11.1 Å². The summed E-state index contributed by atoms with van der Waals surface area (Å²) in [6.07, 6.45) is 0.539. The highest BCUT2D eigenvalue weighted by atomic mass is 16.2. The number of nitrogens with zero attached hydrogens (tertiary/aromatic N) is 2. The number of fused-ring (bicyclic) bond motifs is 1. The highest BCUT2D eigenvalue weighted by Gasteiger charge is 2.32. The van der Waals surface area contributed by atoms with Crippen LogP contribution in [0.5, 0.6) is 0 Å². The molecule has 1 aromatic carbocycles. The van der Waals surface area contributed by atoms with Crippen molar-refractivity contribution in [2.75, 3.05) is 38.1 Å². The number of carbonyl (C=O) groups excluding carboxylic acids is 1. The third-order valence-corrected chi connectivity index (χ3v) is 4.77. The fourth-order valence-electron chi connectivity index (χ4n) is 3.26. The zero-order valence-corrected chi connectivity index (χ0v) is 12.6. The van der Waals surface area contributed by atoms with Gasteiger partial charge in [0.15, 0.2) is 0 Å². The van der Waals surface area contributed by atoms with Crippen LogP contribution in [-0.2, 0) is 16.8 Å². The van der Waals surface area contributed by atoms with Crippen molar-refractivity contribution in [3.05, 3.63) is 29.3 Å². The molecule has 0 bridgehead atoms. The van der Waals surface area contributed by atoms with Crippen LogP contribution in [0.2, 0.25) is 0 Å². The second-order valence-corrected chi connectivity index (χ2v) is 6.27. The standard InChI is InChI=1S/C16H23N3O/c1-16(2,19-8-6-17-7-9-19)13-4-5-14-12(10-13)11-15(20)18(14)3/h4-5,10,17H,6-9,11H2,1-3H3. The molecule has 108 valence electrons. The summed E-state index contributed by atoms with van der Waals surface area (Å²) >= 11 is 0. The van der Waals surface area contributed by atoms with Gasteiger partial charge in [-0.05, 0) is 31.0 Å². The summed E-state index contributed by atoms with van der Waals surface area (Å²) in [5.74, 6) is 0.192. The second kappa shape index (κ2) is 4.86. The summed E-state index contributed by atoms with van der Waals surface area (Å²) in [4.78, 5) is 16.1. The lowest BCUT2D eigenvalue weighted by Crippen LogP contribution is -2.51. The largest absolute Gasteiger partial charge is 0.315 e. The topological polar surface area (TPSA) is 35.6 Å². The number of likely N-dealkylation sites (N-methyl/N-ethyl adjacent to an activating group) is 1. The molecule has 1 N–H and O–H groups in total. The third kappa shape index (κ3) is 2.13. The molecule has 2 aliphatic heterocycles. The molecule has 3 rings (SSSR count). The number of anilines is 1. The van der Waals surface area contributed by atoms with Crippen molar-refractivity contribution in [2.24, 2.45) is 0 Å². The average Bonchev–Trinajstić information content (AvgIpc) is 2.74. The molecule has 1 fully saturated rings. The Kier molecular flexibility index (Phi) is 3.30. The van der Waals surface area contributed by atoms with E-state index in [9.17, 15) is 4.79 Å². The normalized spacial score (nSPS) is 20.4. The molecular formula is C16H23N3O. The van der Waals surface area contributed by atoms with Crippen molar-refractivity contribution in [3.8, 4) is 0 Å². The van der Waals surface area contributed by atoms with Crippen LogP contribution in [0.15, 0.2) is 18.2 Å². The van der Waals surface area contributed by atoms with Gasteiger partial charge in [0.2, 0.25) is 5.91 Å². The van der Waals surface area contributed by atoms with Crippen LogP contribution in [-0.4, -0.2) is 44.0 Å². The maximum Gasteiger partial charge on any atom is 0.231 e. The van der Waals surface area contributed by atoms with Gasteiger partial charge < -0.3 is 10.2 Å². The first-order chi connectivity index (χ1) is 9.50. The van der Waals surface area contributed by atoms with Gasteiger partial charge in [0, 0.05) is 44.5 Å². The number of hydrogen-bond donors (Lipinski definition) is 1. The monoisotopic (exact) mass is 273 g/mol. The van der Waals surface area contributed by atoms with E-state index < -0.39 is 0 Å². The summed E-state index contributed by atoms with van der Waals surface area (Å²) in [5.41, 5.74) is 3.55. The van der Waals surface area contributed by atoms with Gasteiger partial charge in [0.05, 0.1) is 6.42 Å². The Hall–Kier alpha value is -1.39. The summed E-state index contributed by atoms with van der Waals surface area (Å²) in [6.45, 7) is 8.80. The summed E-state index contributed by atoms with van der Waals surface area (Å²) in [5, 5.41) is 3.40. The SMILES string of the molecule is CN1C(=O)Cc2cc(C(C)(C)N3CCNCC3)ccc21.